The minimum Gasteiger partial charge on any atom is -0.483 e. The van der Waals surface area contributed by atoms with Gasteiger partial charge in [-0.25, -0.2) is 5.43 Å². The van der Waals surface area contributed by atoms with Gasteiger partial charge in [0.15, 0.2) is 6.61 Å². The van der Waals surface area contributed by atoms with Crippen LogP contribution in [0.15, 0.2) is 65.8 Å². The molecule has 0 saturated heterocycles. The van der Waals surface area contributed by atoms with E-state index < -0.39 is 11.8 Å². The average molecular weight is 487 g/mol. The Morgan fingerprint density at radius 3 is 2.22 bits per heavy atom. The van der Waals surface area contributed by atoms with E-state index in [0.29, 0.717) is 11.3 Å². The molecule has 0 aliphatic rings. The minimum atomic E-state index is -0.889. The number of ether oxygens (including phenoxy) is 1. The van der Waals surface area contributed by atoms with Crippen molar-refractivity contribution in [1.82, 2.24) is 10.7 Å². The summed E-state index contributed by atoms with van der Waals surface area (Å²) in [7, 11) is 0. The molecule has 0 unspecified atom stereocenters. The Hall–Kier alpha value is -4.46. The van der Waals surface area contributed by atoms with Gasteiger partial charge in [0, 0.05) is 17.8 Å². The maximum Gasteiger partial charge on any atom is 0.329 e. The van der Waals surface area contributed by atoms with Crippen LogP contribution in [0.5, 0.6) is 5.75 Å². The van der Waals surface area contributed by atoms with E-state index in [1.54, 1.807) is 24.3 Å². The van der Waals surface area contributed by atoms with Crippen molar-refractivity contribution < 1.29 is 19.1 Å². The second-order valence-electron chi connectivity index (χ2n) is 8.52. The molecule has 0 aliphatic heterocycles. The lowest BCUT2D eigenvalue weighted by atomic mass is 10.1. The van der Waals surface area contributed by atoms with E-state index in [1.807, 2.05) is 64.1 Å². The Kier molecular flexibility index (Phi) is 8.94. The lowest BCUT2D eigenvalue weighted by molar-refractivity contribution is -0.139. The zero-order chi connectivity index (χ0) is 26.1. The van der Waals surface area contributed by atoms with Gasteiger partial charge in [0.1, 0.15) is 5.75 Å². The van der Waals surface area contributed by atoms with Gasteiger partial charge in [0.05, 0.1) is 6.21 Å². The molecule has 3 N–H and O–H groups in total. The van der Waals surface area contributed by atoms with Gasteiger partial charge in [-0.3, -0.25) is 14.4 Å². The summed E-state index contributed by atoms with van der Waals surface area (Å²) in [6.45, 7) is 7.90. The molecule has 36 heavy (non-hydrogen) atoms. The predicted molar refractivity (Wildman–Crippen MR) is 140 cm³/mol. The number of carbonyl (C=O) groups excluding carboxylic acids is 3. The van der Waals surface area contributed by atoms with Gasteiger partial charge < -0.3 is 15.4 Å². The highest BCUT2D eigenvalue weighted by Crippen LogP contribution is 2.22. The zero-order valence-corrected chi connectivity index (χ0v) is 20.8. The fourth-order valence-corrected chi connectivity index (χ4v) is 3.59. The normalized spacial score (nSPS) is 10.7. The molecule has 0 saturated carbocycles. The number of benzene rings is 3. The van der Waals surface area contributed by atoms with Crippen LogP contribution in [0.2, 0.25) is 0 Å². The van der Waals surface area contributed by atoms with Crippen LogP contribution in [-0.2, 0) is 20.9 Å². The quantitative estimate of drug-likeness (QED) is 0.256. The lowest BCUT2D eigenvalue weighted by Gasteiger charge is -2.14. The maximum atomic E-state index is 12.5. The summed E-state index contributed by atoms with van der Waals surface area (Å²) in [5.74, 6) is -1.57. The lowest BCUT2D eigenvalue weighted by Crippen LogP contribution is -2.37. The first-order chi connectivity index (χ1) is 17.2. The zero-order valence-electron chi connectivity index (χ0n) is 20.8. The van der Waals surface area contributed by atoms with Crippen molar-refractivity contribution >= 4 is 29.6 Å². The molecule has 0 spiro atoms. The van der Waals surface area contributed by atoms with E-state index in [-0.39, 0.29) is 19.1 Å². The van der Waals surface area contributed by atoms with Crippen molar-refractivity contribution in [3.8, 4) is 5.75 Å². The van der Waals surface area contributed by atoms with Gasteiger partial charge >= 0.3 is 11.8 Å². The number of aryl methyl sites for hydroxylation is 4. The summed E-state index contributed by atoms with van der Waals surface area (Å²) in [6, 6.07) is 18.6. The summed E-state index contributed by atoms with van der Waals surface area (Å²) in [6.07, 6.45) is 1.35. The fraction of sp³-hybridized carbons (Fsp3) is 0.214. The number of carbonyl (C=O) groups is 3. The second-order valence-corrected chi connectivity index (χ2v) is 8.52. The summed E-state index contributed by atoms with van der Waals surface area (Å²) in [5, 5.41) is 9.29. The van der Waals surface area contributed by atoms with Crippen LogP contribution in [0, 0.1) is 27.7 Å². The van der Waals surface area contributed by atoms with E-state index in [2.05, 4.69) is 21.2 Å². The van der Waals surface area contributed by atoms with Gasteiger partial charge in [-0.2, -0.15) is 5.10 Å². The highest BCUT2D eigenvalue weighted by atomic mass is 16.5. The third-order valence-corrected chi connectivity index (χ3v) is 5.37. The van der Waals surface area contributed by atoms with Crippen molar-refractivity contribution in [2.75, 3.05) is 11.9 Å². The molecule has 8 nitrogen and oxygen atoms in total. The molecule has 0 atom stereocenters. The number of amides is 3. The molecule has 0 bridgehead atoms. The third kappa shape index (κ3) is 7.53. The van der Waals surface area contributed by atoms with Crippen LogP contribution in [0.4, 0.5) is 5.69 Å². The first-order valence-corrected chi connectivity index (χ1v) is 11.5. The molecule has 186 valence electrons. The monoisotopic (exact) mass is 486 g/mol. The molecule has 0 aromatic heterocycles. The van der Waals surface area contributed by atoms with Crippen LogP contribution < -0.4 is 20.8 Å². The second kappa shape index (κ2) is 12.3. The Balaban J connectivity index is 1.52. The average Bonchev–Trinajstić information content (AvgIpc) is 2.85. The Bertz CT molecular complexity index is 1260. The summed E-state index contributed by atoms with van der Waals surface area (Å²) in [5.41, 5.74) is 8.59. The van der Waals surface area contributed by atoms with Crippen LogP contribution in [0.3, 0.4) is 0 Å². The Morgan fingerprint density at radius 1 is 0.861 bits per heavy atom. The number of nitrogens with zero attached hydrogens (tertiary/aromatic N) is 1. The molecular weight excluding hydrogens is 456 g/mol. The largest absolute Gasteiger partial charge is 0.483 e. The van der Waals surface area contributed by atoms with Crippen LogP contribution in [-0.4, -0.2) is 30.5 Å². The van der Waals surface area contributed by atoms with Crippen molar-refractivity contribution in [2.24, 2.45) is 5.10 Å². The Labute approximate surface area is 210 Å². The van der Waals surface area contributed by atoms with Crippen molar-refractivity contribution in [1.29, 1.82) is 0 Å². The van der Waals surface area contributed by atoms with Gasteiger partial charge in [0.25, 0.3) is 5.91 Å². The number of hydrogen-bond acceptors (Lipinski definition) is 5. The van der Waals surface area contributed by atoms with Crippen molar-refractivity contribution in [2.45, 2.75) is 34.2 Å². The molecule has 3 aromatic carbocycles. The minimum absolute atomic E-state index is 0.203. The highest BCUT2D eigenvalue weighted by Gasteiger charge is 2.13. The standard InChI is InChI=1S/C28H30N4O4/c1-18-9-11-22(12-10-18)15-29-27(34)28(35)32-30-16-23-7-5-6-8-24(23)36-17-25(33)31-26-20(3)13-19(2)14-21(26)4/h5-14,16H,15,17H2,1-4H3,(H,29,34)(H,31,33)(H,32,35)/b30-16-. The Morgan fingerprint density at radius 2 is 1.53 bits per heavy atom. The molecule has 3 amide bonds. The molecule has 0 aliphatic carbocycles. The summed E-state index contributed by atoms with van der Waals surface area (Å²) >= 11 is 0. The summed E-state index contributed by atoms with van der Waals surface area (Å²) in [4.78, 5) is 36.5. The van der Waals surface area contributed by atoms with Gasteiger partial charge in [-0.1, -0.05) is 59.7 Å². The van der Waals surface area contributed by atoms with E-state index in [1.165, 1.54) is 6.21 Å². The van der Waals surface area contributed by atoms with Crippen LogP contribution in [0.1, 0.15) is 33.4 Å². The number of para-hydroxylation sites is 1. The van der Waals surface area contributed by atoms with Gasteiger partial charge in [0.2, 0.25) is 0 Å². The number of hydrazone groups is 1. The van der Waals surface area contributed by atoms with Gasteiger partial charge in [-0.15, -0.1) is 0 Å². The number of anilines is 1. The fourth-order valence-electron chi connectivity index (χ4n) is 3.59. The van der Waals surface area contributed by atoms with E-state index >= 15 is 0 Å². The molecule has 0 radical (unpaired) electrons. The van der Waals surface area contributed by atoms with Gasteiger partial charge in [-0.05, 0) is 56.5 Å². The first-order valence-electron chi connectivity index (χ1n) is 11.5. The van der Waals surface area contributed by atoms with E-state index in [4.69, 9.17) is 4.74 Å². The van der Waals surface area contributed by atoms with Crippen LogP contribution >= 0.6 is 0 Å². The third-order valence-electron chi connectivity index (χ3n) is 5.37. The SMILES string of the molecule is Cc1ccc(CNC(=O)C(=O)N/N=C\c2ccccc2OCC(=O)Nc2c(C)cc(C)cc2C)cc1. The molecule has 3 aromatic rings. The number of hydrogen-bond donors (Lipinski definition) is 3. The molecule has 0 heterocycles. The summed E-state index contributed by atoms with van der Waals surface area (Å²) < 4.78 is 5.68. The topological polar surface area (TPSA) is 109 Å². The number of rotatable bonds is 8. The smallest absolute Gasteiger partial charge is 0.329 e. The van der Waals surface area contributed by atoms with Crippen molar-refractivity contribution in [3.63, 3.8) is 0 Å². The number of nitrogens with one attached hydrogen (secondary N) is 3. The molecular formula is C28H30N4O4. The molecule has 3 rings (SSSR count). The van der Waals surface area contributed by atoms with Crippen LogP contribution in [0.25, 0.3) is 0 Å². The predicted octanol–water partition coefficient (Wildman–Crippen LogP) is 3.70. The highest BCUT2D eigenvalue weighted by molar-refractivity contribution is 6.35. The molecule has 8 heteroatoms. The first kappa shape index (κ1) is 26.2. The van der Waals surface area contributed by atoms with E-state index in [9.17, 15) is 14.4 Å². The van der Waals surface area contributed by atoms with Crippen molar-refractivity contribution in [3.05, 3.63) is 94.0 Å². The maximum absolute atomic E-state index is 12.5. The molecule has 0 fully saturated rings. The van der Waals surface area contributed by atoms with E-state index in [0.717, 1.165) is 33.5 Å².